The average molecular weight is 384 g/mol. The molecule has 1 saturated carbocycles. The molecule has 27 heavy (non-hydrogen) atoms. The van der Waals surface area contributed by atoms with Crippen molar-refractivity contribution >= 4 is 17.2 Å². The molecular weight excluding hydrogens is 354 g/mol. The van der Waals surface area contributed by atoms with Crippen LogP contribution >= 0.6 is 11.3 Å². The van der Waals surface area contributed by atoms with Gasteiger partial charge >= 0.3 is 0 Å². The van der Waals surface area contributed by atoms with E-state index < -0.39 is 0 Å². The van der Waals surface area contributed by atoms with Crippen molar-refractivity contribution < 1.29 is 4.79 Å². The van der Waals surface area contributed by atoms with Crippen molar-refractivity contribution in [3.8, 4) is 0 Å². The maximum absolute atomic E-state index is 12.8. The molecule has 2 aliphatic rings. The quantitative estimate of drug-likeness (QED) is 0.737. The topological polar surface area (TPSA) is 46.1 Å². The van der Waals surface area contributed by atoms with Gasteiger partial charge in [-0.2, -0.15) is 0 Å². The van der Waals surface area contributed by atoms with Crippen LogP contribution in [-0.2, 0) is 11.2 Å². The molecule has 1 aliphatic heterocycles. The minimum atomic E-state index is 0.248. The fourth-order valence-corrected chi connectivity index (χ4v) is 5.26. The zero-order valence-electron chi connectivity index (χ0n) is 16.4. The fraction of sp³-hybridized carbons (Fsp3) is 0.591. The van der Waals surface area contributed by atoms with Crippen LogP contribution < -0.4 is 0 Å². The maximum Gasteiger partial charge on any atom is 0.226 e. The van der Waals surface area contributed by atoms with Crippen molar-refractivity contribution in [3.05, 3.63) is 45.7 Å². The lowest BCUT2D eigenvalue weighted by Crippen LogP contribution is -2.39. The summed E-state index contributed by atoms with van der Waals surface area (Å²) >= 11 is 1.85. The second kappa shape index (κ2) is 8.09. The lowest BCUT2D eigenvalue weighted by atomic mass is 9.91. The molecule has 0 bridgehead atoms. The van der Waals surface area contributed by atoms with Crippen LogP contribution in [0.15, 0.2) is 24.5 Å². The van der Waals surface area contributed by atoms with E-state index in [-0.39, 0.29) is 5.92 Å². The van der Waals surface area contributed by atoms with Crippen LogP contribution in [0.3, 0.4) is 0 Å². The van der Waals surface area contributed by atoms with Crippen molar-refractivity contribution in [1.29, 1.82) is 0 Å². The first kappa shape index (κ1) is 18.6. The highest BCUT2D eigenvalue weighted by atomic mass is 32.1. The second-order valence-electron chi connectivity index (χ2n) is 8.23. The Balaban J connectivity index is 1.18. The highest BCUT2D eigenvalue weighted by Crippen LogP contribution is 2.50. The molecule has 1 amide bonds. The number of aromatic nitrogens is 2. The van der Waals surface area contributed by atoms with Crippen LogP contribution in [0, 0.1) is 25.7 Å². The molecule has 0 aromatic carbocycles. The Kier molecular flexibility index (Phi) is 5.58. The minimum Gasteiger partial charge on any atom is -0.342 e. The van der Waals surface area contributed by atoms with Crippen molar-refractivity contribution in [3.63, 3.8) is 0 Å². The highest BCUT2D eigenvalue weighted by Gasteiger charge is 2.46. The van der Waals surface area contributed by atoms with Gasteiger partial charge in [0.2, 0.25) is 5.91 Å². The van der Waals surface area contributed by atoms with E-state index in [1.54, 1.807) is 0 Å². The number of piperidine rings is 1. The van der Waals surface area contributed by atoms with Gasteiger partial charge in [0, 0.05) is 53.5 Å². The lowest BCUT2D eigenvalue weighted by molar-refractivity contribution is -0.134. The summed E-state index contributed by atoms with van der Waals surface area (Å²) < 4.78 is 0. The van der Waals surface area contributed by atoms with Crippen molar-refractivity contribution in [2.45, 2.75) is 58.3 Å². The Bertz CT molecular complexity index is 777. The third-order valence-electron chi connectivity index (χ3n) is 6.01. The molecule has 0 N–H and O–H groups in total. The summed E-state index contributed by atoms with van der Waals surface area (Å²) in [6, 6.07) is 4.38. The van der Waals surface area contributed by atoms with Gasteiger partial charge in [-0.05, 0) is 69.6 Å². The number of nitrogens with zero attached hydrogens (tertiary/aromatic N) is 3. The first-order valence-electron chi connectivity index (χ1n) is 10.2. The average Bonchev–Trinajstić information content (AvgIpc) is 3.37. The molecule has 2 fully saturated rings. The molecule has 144 valence electrons. The number of rotatable bonds is 6. The monoisotopic (exact) mass is 383 g/mol. The van der Waals surface area contributed by atoms with E-state index in [9.17, 15) is 4.79 Å². The van der Waals surface area contributed by atoms with Crippen LogP contribution in [0.25, 0.3) is 0 Å². The molecule has 2 aromatic heterocycles. The van der Waals surface area contributed by atoms with Crippen molar-refractivity contribution in [2.75, 3.05) is 13.1 Å². The smallest absolute Gasteiger partial charge is 0.226 e. The van der Waals surface area contributed by atoms with E-state index >= 15 is 0 Å². The molecule has 3 heterocycles. The summed E-state index contributed by atoms with van der Waals surface area (Å²) in [7, 11) is 0. The van der Waals surface area contributed by atoms with Crippen molar-refractivity contribution in [1.82, 2.24) is 14.9 Å². The maximum atomic E-state index is 12.8. The third kappa shape index (κ3) is 4.57. The Morgan fingerprint density at radius 1 is 1.19 bits per heavy atom. The summed E-state index contributed by atoms with van der Waals surface area (Å²) in [4.78, 5) is 26.5. The van der Waals surface area contributed by atoms with Crippen LogP contribution in [0.2, 0.25) is 0 Å². The summed E-state index contributed by atoms with van der Waals surface area (Å²) in [6.07, 6.45) is 10.5. The van der Waals surface area contributed by atoms with Gasteiger partial charge in [0.1, 0.15) is 5.82 Å². The van der Waals surface area contributed by atoms with Gasteiger partial charge < -0.3 is 4.90 Å². The van der Waals surface area contributed by atoms with E-state index in [1.807, 2.05) is 30.7 Å². The number of carbonyl (C=O) groups excluding carboxylic acids is 1. The molecule has 0 radical (unpaired) electrons. The summed E-state index contributed by atoms with van der Waals surface area (Å²) in [6.45, 7) is 6.04. The Labute approximate surface area is 166 Å². The predicted octanol–water partition coefficient (Wildman–Crippen LogP) is 4.52. The minimum absolute atomic E-state index is 0.248. The normalized spacial score (nSPS) is 22.8. The summed E-state index contributed by atoms with van der Waals surface area (Å²) in [5.41, 5.74) is 1.11. The first-order valence-corrected chi connectivity index (χ1v) is 11.0. The van der Waals surface area contributed by atoms with Gasteiger partial charge in [-0.3, -0.25) is 4.79 Å². The van der Waals surface area contributed by atoms with Gasteiger partial charge in [0.25, 0.3) is 0 Å². The molecule has 2 aromatic rings. The van der Waals surface area contributed by atoms with E-state index in [4.69, 9.17) is 0 Å². The van der Waals surface area contributed by atoms with Crippen LogP contribution in [0.1, 0.15) is 59.2 Å². The molecule has 1 saturated heterocycles. The number of aryl methyl sites for hydroxylation is 3. The van der Waals surface area contributed by atoms with Crippen LogP contribution in [-0.4, -0.2) is 33.9 Å². The predicted molar refractivity (Wildman–Crippen MR) is 109 cm³/mol. The van der Waals surface area contributed by atoms with Crippen LogP contribution in [0.5, 0.6) is 0 Å². The largest absolute Gasteiger partial charge is 0.342 e. The summed E-state index contributed by atoms with van der Waals surface area (Å²) in [5.74, 6) is 2.84. The highest BCUT2D eigenvalue weighted by molar-refractivity contribution is 7.12. The van der Waals surface area contributed by atoms with Gasteiger partial charge in [-0.15, -0.1) is 11.3 Å². The van der Waals surface area contributed by atoms with Crippen molar-refractivity contribution in [2.24, 2.45) is 11.8 Å². The number of hydrogen-bond acceptors (Lipinski definition) is 4. The third-order valence-corrected chi connectivity index (χ3v) is 7.14. The number of carbonyl (C=O) groups is 1. The summed E-state index contributed by atoms with van der Waals surface area (Å²) in [5, 5.41) is 0. The van der Waals surface area contributed by atoms with E-state index in [0.717, 1.165) is 62.5 Å². The van der Waals surface area contributed by atoms with Gasteiger partial charge in [0.05, 0.1) is 0 Å². The number of likely N-dealkylation sites (tertiary alicyclic amines) is 1. The first-order chi connectivity index (χ1) is 13.1. The molecule has 4 nitrogen and oxygen atoms in total. The Morgan fingerprint density at radius 2 is 1.93 bits per heavy atom. The Hall–Kier alpha value is -1.75. The Morgan fingerprint density at radius 3 is 2.59 bits per heavy atom. The molecule has 5 heteroatoms. The molecule has 0 spiro atoms. The number of amides is 1. The zero-order valence-corrected chi connectivity index (χ0v) is 17.2. The number of thiophene rings is 1. The molecule has 4 rings (SSSR count). The van der Waals surface area contributed by atoms with Gasteiger partial charge in [0.15, 0.2) is 0 Å². The van der Waals surface area contributed by atoms with Crippen LogP contribution in [0.4, 0.5) is 0 Å². The molecule has 2 atom stereocenters. The molecule has 1 aliphatic carbocycles. The number of hydrogen-bond donors (Lipinski definition) is 0. The van der Waals surface area contributed by atoms with Gasteiger partial charge in [-0.1, -0.05) is 0 Å². The standard InChI is InChI=1S/C22H29N3OS/c1-15-13-23-21(24-14-15)5-3-4-17-8-10-25(11-9-17)22(26)19-12-18(19)20-7-6-16(2)27-20/h6-7,13-14,17-19H,3-5,8-12H2,1-2H3. The zero-order chi connectivity index (χ0) is 18.8. The molecule has 2 unspecified atom stereocenters. The molecular formula is C22H29N3OS. The lowest BCUT2D eigenvalue weighted by Gasteiger charge is -2.32. The van der Waals surface area contributed by atoms with E-state index in [0.29, 0.717) is 11.8 Å². The van der Waals surface area contributed by atoms with E-state index in [1.165, 1.54) is 16.2 Å². The fourth-order valence-electron chi connectivity index (χ4n) is 4.21. The SMILES string of the molecule is Cc1cnc(CCCC2CCN(C(=O)C3CC3c3ccc(C)s3)CC2)nc1. The second-order valence-corrected chi connectivity index (χ2v) is 9.55. The van der Waals surface area contributed by atoms with E-state index in [2.05, 4.69) is 33.9 Å². The van der Waals surface area contributed by atoms with Gasteiger partial charge in [-0.25, -0.2) is 9.97 Å².